The summed E-state index contributed by atoms with van der Waals surface area (Å²) < 4.78 is 26.4. The summed E-state index contributed by atoms with van der Waals surface area (Å²) in [6.45, 7) is 3.18. The van der Waals surface area contributed by atoms with Crippen molar-refractivity contribution in [3.63, 3.8) is 0 Å². The highest BCUT2D eigenvalue weighted by Gasteiger charge is 2.19. The molecule has 0 saturated heterocycles. The fourth-order valence-corrected chi connectivity index (χ4v) is 2.42. The minimum absolute atomic E-state index is 0.149. The van der Waals surface area contributed by atoms with Gasteiger partial charge in [0.25, 0.3) is 0 Å². The molecule has 0 aliphatic rings. The van der Waals surface area contributed by atoms with Gasteiger partial charge in [-0.2, -0.15) is 0 Å². The van der Waals surface area contributed by atoms with Gasteiger partial charge in [0.1, 0.15) is 0 Å². The predicted octanol–water partition coefficient (Wildman–Crippen LogP) is 3.69. The van der Waals surface area contributed by atoms with Crippen molar-refractivity contribution in [3.8, 4) is 0 Å². The zero-order valence-electron chi connectivity index (χ0n) is 14.3. The van der Waals surface area contributed by atoms with E-state index in [9.17, 15) is 18.4 Å². The molecule has 1 atom stereocenters. The van der Waals surface area contributed by atoms with E-state index >= 15 is 0 Å². The van der Waals surface area contributed by atoms with Gasteiger partial charge < -0.3 is 10.2 Å². The van der Waals surface area contributed by atoms with Crippen LogP contribution >= 0.6 is 0 Å². The Morgan fingerprint density at radius 1 is 1.08 bits per heavy atom. The number of likely N-dealkylation sites (N-methyl/N-ethyl adjacent to an activating group) is 1. The van der Waals surface area contributed by atoms with Gasteiger partial charge in [-0.3, -0.25) is 9.59 Å². The molecule has 2 amide bonds. The van der Waals surface area contributed by atoms with Crippen LogP contribution in [0.25, 0.3) is 0 Å². The molecule has 0 aliphatic carbocycles. The van der Waals surface area contributed by atoms with Crippen molar-refractivity contribution in [1.29, 1.82) is 0 Å². The van der Waals surface area contributed by atoms with Crippen LogP contribution in [0.4, 0.5) is 14.5 Å². The maximum Gasteiger partial charge on any atom is 0.227 e. The first-order chi connectivity index (χ1) is 11.8. The average molecular weight is 346 g/mol. The van der Waals surface area contributed by atoms with Gasteiger partial charge in [0.2, 0.25) is 11.8 Å². The molecule has 0 aromatic heterocycles. The van der Waals surface area contributed by atoms with E-state index in [1.807, 2.05) is 0 Å². The van der Waals surface area contributed by atoms with Crippen LogP contribution in [0.2, 0.25) is 0 Å². The Hall–Kier alpha value is -2.76. The first-order valence-electron chi connectivity index (χ1n) is 7.85. The van der Waals surface area contributed by atoms with Gasteiger partial charge >= 0.3 is 0 Å². The number of hydrogen-bond donors (Lipinski definition) is 1. The second-order valence-electron chi connectivity index (χ2n) is 5.91. The van der Waals surface area contributed by atoms with Crippen LogP contribution in [-0.2, 0) is 16.0 Å². The molecule has 2 rings (SSSR count). The molecule has 0 saturated carbocycles. The molecule has 4 nitrogen and oxygen atoms in total. The lowest BCUT2D eigenvalue weighted by molar-refractivity contribution is -0.131. The molecule has 0 radical (unpaired) electrons. The van der Waals surface area contributed by atoms with Crippen LogP contribution in [-0.4, -0.2) is 23.8 Å². The molecule has 6 heteroatoms. The normalized spacial score (nSPS) is 11.7. The maximum atomic E-state index is 13.4. The van der Waals surface area contributed by atoms with Gasteiger partial charge in [-0.05, 0) is 42.3 Å². The number of carbonyl (C=O) groups excluding carboxylic acids is 2. The number of halogens is 2. The molecule has 25 heavy (non-hydrogen) atoms. The number of nitrogens with zero attached hydrogens (tertiary/aromatic N) is 1. The SMILES string of the molecule is CC(=O)Nc1ccc(CC(=O)N(C)C(C)c2ccc(F)c(F)c2)cc1. The van der Waals surface area contributed by atoms with Crippen LogP contribution in [0, 0.1) is 11.6 Å². The van der Waals surface area contributed by atoms with Gasteiger partial charge in [-0.15, -0.1) is 0 Å². The summed E-state index contributed by atoms with van der Waals surface area (Å²) in [6, 6.07) is 10.2. The molecular weight excluding hydrogens is 326 g/mol. The third-order valence-corrected chi connectivity index (χ3v) is 4.03. The standard InChI is InChI=1S/C19H20F2N2O2/c1-12(15-6-9-17(20)18(21)11-15)23(3)19(25)10-14-4-7-16(8-5-14)22-13(2)24/h4-9,11-12H,10H2,1-3H3,(H,22,24). The molecule has 0 spiro atoms. The average Bonchev–Trinajstić information content (AvgIpc) is 2.57. The minimum atomic E-state index is -0.932. The summed E-state index contributed by atoms with van der Waals surface area (Å²) in [5.41, 5.74) is 1.98. The summed E-state index contributed by atoms with van der Waals surface area (Å²) in [7, 11) is 1.62. The van der Waals surface area contributed by atoms with Crippen molar-refractivity contribution in [2.24, 2.45) is 0 Å². The Kier molecular flexibility index (Phi) is 5.85. The molecule has 1 unspecified atom stereocenters. The fourth-order valence-electron chi connectivity index (χ4n) is 2.42. The Morgan fingerprint density at radius 2 is 1.72 bits per heavy atom. The number of nitrogens with one attached hydrogen (secondary N) is 1. The number of anilines is 1. The Balaban J connectivity index is 2.03. The summed E-state index contributed by atoms with van der Waals surface area (Å²) in [5, 5.41) is 2.66. The molecule has 2 aromatic rings. The van der Waals surface area contributed by atoms with Crippen molar-refractivity contribution in [2.45, 2.75) is 26.3 Å². The van der Waals surface area contributed by atoms with E-state index < -0.39 is 11.6 Å². The zero-order chi connectivity index (χ0) is 18.6. The highest BCUT2D eigenvalue weighted by molar-refractivity contribution is 5.88. The molecule has 0 aliphatic heterocycles. The lowest BCUT2D eigenvalue weighted by atomic mass is 10.1. The highest BCUT2D eigenvalue weighted by atomic mass is 19.2. The third-order valence-electron chi connectivity index (χ3n) is 4.03. The second-order valence-corrected chi connectivity index (χ2v) is 5.91. The lowest BCUT2D eigenvalue weighted by Gasteiger charge is -2.25. The fraction of sp³-hybridized carbons (Fsp3) is 0.263. The highest BCUT2D eigenvalue weighted by Crippen LogP contribution is 2.22. The van der Waals surface area contributed by atoms with Gasteiger partial charge in [-0.1, -0.05) is 18.2 Å². The van der Waals surface area contributed by atoms with E-state index in [2.05, 4.69) is 5.32 Å². The summed E-state index contributed by atoms with van der Waals surface area (Å²) in [6.07, 6.45) is 0.171. The number of benzene rings is 2. The van der Waals surface area contributed by atoms with Crippen LogP contribution in [0.3, 0.4) is 0 Å². The molecule has 0 heterocycles. The van der Waals surface area contributed by atoms with Crippen LogP contribution in [0.15, 0.2) is 42.5 Å². The van der Waals surface area contributed by atoms with E-state index in [1.54, 1.807) is 38.2 Å². The van der Waals surface area contributed by atoms with Crippen LogP contribution in [0.1, 0.15) is 31.0 Å². The Labute approximate surface area is 145 Å². The first kappa shape index (κ1) is 18.6. The van der Waals surface area contributed by atoms with E-state index in [1.165, 1.54) is 17.9 Å². The summed E-state index contributed by atoms with van der Waals surface area (Å²) >= 11 is 0. The Bertz CT molecular complexity index is 775. The number of carbonyl (C=O) groups is 2. The van der Waals surface area contributed by atoms with E-state index in [-0.39, 0.29) is 24.3 Å². The summed E-state index contributed by atoms with van der Waals surface area (Å²) in [5.74, 6) is -2.16. The van der Waals surface area contributed by atoms with E-state index in [0.717, 1.165) is 17.7 Å². The second kappa shape index (κ2) is 7.88. The maximum absolute atomic E-state index is 13.4. The topological polar surface area (TPSA) is 49.4 Å². The molecule has 0 bridgehead atoms. The Morgan fingerprint density at radius 3 is 2.28 bits per heavy atom. The van der Waals surface area contributed by atoms with Gasteiger partial charge in [0.15, 0.2) is 11.6 Å². The van der Waals surface area contributed by atoms with Crippen LogP contribution in [0.5, 0.6) is 0 Å². The molecule has 0 fully saturated rings. The lowest BCUT2D eigenvalue weighted by Crippen LogP contribution is -2.31. The molecule has 2 aromatic carbocycles. The van der Waals surface area contributed by atoms with Crippen molar-refractivity contribution in [1.82, 2.24) is 4.90 Å². The predicted molar refractivity (Wildman–Crippen MR) is 92.0 cm³/mol. The van der Waals surface area contributed by atoms with E-state index in [4.69, 9.17) is 0 Å². The van der Waals surface area contributed by atoms with Gasteiger partial charge in [0.05, 0.1) is 12.5 Å². The van der Waals surface area contributed by atoms with Crippen molar-refractivity contribution in [3.05, 3.63) is 65.2 Å². The van der Waals surface area contributed by atoms with Crippen molar-refractivity contribution >= 4 is 17.5 Å². The quantitative estimate of drug-likeness (QED) is 0.898. The number of amides is 2. The number of hydrogen-bond acceptors (Lipinski definition) is 2. The van der Waals surface area contributed by atoms with Crippen LogP contribution < -0.4 is 5.32 Å². The summed E-state index contributed by atoms with van der Waals surface area (Å²) in [4.78, 5) is 24.9. The van der Waals surface area contributed by atoms with Crippen molar-refractivity contribution in [2.75, 3.05) is 12.4 Å². The van der Waals surface area contributed by atoms with Crippen molar-refractivity contribution < 1.29 is 18.4 Å². The molecule has 132 valence electrons. The number of rotatable bonds is 5. The molecule has 1 N–H and O–H groups in total. The van der Waals surface area contributed by atoms with Gasteiger partial charge in [0, 0.05) is 19.7 Å². The zero-order valence-corrected chi connectivity index (χ0v) is 14.3. The molecular formula is C19H20F2N2O2. The van der Waals surface area contributed by atoms with E-state index in [0.29, 0.717) is 11.3 Å². The third kappa shape index (κ3) is 4.86. The monoisotopic (exact) mass is 346 g/mol. The first-order valence-corrected chi connectivity index (χ1v) is 7.85. The minimum Gasteiger partial charge on any atom is -0.339 e. The largest absolute Gasteiger partial charge is 0.339 e. The smallest absolute Gasteiger partial charge is 0.227 e. The van der Waals surface area contributed by atoms with Gasteiger partial charge in [-0.25, -0.2) is 8.78 Å².